The minimum Gasteiger partial charge on any atom is -0.435 e. The van der Waals surface area contributed by atoms with Crippen molar-refractivity contribution in [2.24, 2.45) is 0 Å². The first-order valence-corrected chi connectivity index (χ1v) is 7.15. The van der Waals surface area contributed by atoms with Gasteiger partial charge in [0.15, 0.2) is 0 Å². The summed E-state index contributed by atoms with van der Waals surface area (Å²) in [7, 11) is 0. The highest BCUT2D eigenvalue weighted by Gasteiger charge is 2.30. The molecule has 110 valence electrons. The first kappa shape index (κ1) is 15.7. The van der Waals surface area contributed by atoms with Gasteiger partial charge in [0, 0.05) is 6.54 Å². The SMILES string of the molecule is C=CCN1C(=O)/C(=C\c2ccc(OC(F)F)cc2)SC1=S. The molecule has 21 heavy (non-hydrogen) atoms. The summed E-state index contributed by atoms with van der Waals surface area (Å²) in [6, 6.07) is 6.03. The Morgan fingerprint density at radius 1 is 1.38 bits per heavy atom. The van der Waals surface area contributed by atoms with Crippen molar-refractivity contribution in [3.05, 3.63) is 47.4 Å². The normalized spacial score (nSPS) is 16.9. The zero-order valence-corrected chi connectivity index (χ0v) is 12.4. The van der Waals surface area contributed by atoms with Crippen molar-refractivity contribution < 1.29 is 18.3 Å². The van der Waals surface area contributed by atoms with Crippen molar-refractivity contribution in [2.45, 2.75) is 6.61 Å². The molecule has 1 heterocycles. The fourth-order valence-corrected chi connectivity index (χ4v) is 2.96. The summed E-state index contributed by atoms with van der Waals surface area (Å²) in [4.78, 5) is 14.0. The van der Waals surface area contributed by atoms with Gasteiger partial charge in [-0.2, -0.15) is 8.78 Å². The summed E-state index contributed by atoms with van der Waals surface area (Å²) in [5.74, 6) is -0.112. The van der Waals surface area contributed by atoms with Crippen LogP contribution in [0, 0.1) is 0 Å². The van der Waals surface area contributed by atoms with Crippen molar-refractivity contribution in [2.75, 3.05) is 6.54 Å². The van der Waals surface area contributed by atoms with Crippen LogP contribution in [0.15, 0.2) is 41.8 Å². The minimum atomic E-state index is -2.86. The van der Waals surface area contributed by atoms with Crippen LogP contribution in [0.3, 0.4) is 0 Å². The monoisotopic (exact) mass is 327 g/mol. The molecule has 1 aromatic rings. The summed E-state index contributed by atoms with van der Waals surface area (Å²) in [6.07, 6.45) is 3.26. The zero-order chi connectivity index (χ0) is 15.4. The highest BCUT2D eigenvalue weighted by Crippen LogP contribution is 2.32. The Balaban J connectivity index is 2.15. The molecule has 1 fully saturated rings. The predicted octanol–water partition coefficient (Wildman–Crippen LogP) is 3.68. The molecule has 0 atom stereocenters. The Hall–Kier alpha value is -1.73. The smallest absolute Gasteiger partial charge is 0.387 e. The molecule has 1 aliphatic heterocycles. The van der Waals surface area contributed by atoms with E-state index in [1.807, 2.05) is 0 Å². The average Bonchev–Trinajstić information content (AvgIpc) is 2.69. The summed E-state index contributed by atoms with van der Waals surface area (Å²) in [5, 5.41) is 0. The predicted molar refractivity (Wildman–Crippen MR) is 83.2 cm³/mol. The fraction of sp³-hybridized carbons (Fsp3) is 0.143. The maximum atomic E-state index is 12.1. The molecular formula is C14H11F2NO2S2. The maximum absolute atomic E-state index is 12.1. The second-order valence-electron chi connectivity index (χ2n) is 4.03. The number of hydrogen-bond acceptors (Lipinski definition) is 4. The van der Waals surface area contributed by atoms with Crippen LogP contribution in [0.4, 0.5) is 8.78 Å². The third kappa shape index (κ3) is 3.89. The van der Waals surface area contributed by atoms with Crippen LogP contribution >= 0.6 is 24.0 Å². The lowest BCUT2D eigenvalue weighted by molar-refractivity contribution is -0.121. The van der Waals surface area contributed by atoms with Gasteiger partial charge in [0.1, 0.15) is 10.1 Å². The van der Waals surface area contributed by atoms with E-state index in [1.165, 1.54) is 28.8 Å². The number of rotatable bonds is 5. The van der Waals surface area contributed by atoms with Gasteiger partial charge in [-0.05, 0) is 23.8 Å². The lowest BCUT2D eigenvalue weighted by atomic mass is 10.2. The number of thiocarbonyl (C=S) groups is 1. The topological polar surface area (TPSA) is 29.5 Å². The molecule has 1 amide bonds. The highest BCUT2D eigenvalue weighted by molar-refractivity contribution is 8.26. The molecule has 0 N–H and O–H groups in total. The Kier molecular flexibility index (Phi) is 5.08. The van der Waals surface area contributed by atoms with Gasteiger partial charge in [-0.25, -0.2) is 0 Å². The summed E-state index contributed by atoms with van der Waals surface area (Å²) in [5.41, 5.74) is 0.704. The third-order valence-electron chi connectivity index (χ3n) is 2.59. The number of benzene rings is 1. The van der Waals surface area contributed by atoms with Crippen molar-refractivity contribution in [3.63, 3.8) is 0 Å². The van der Waals surface area contributed by atoms with E-state index in [4.69, 9.17) is 12.2 Å². The molecule has 2 rings (SSSR count). The molecule has 0 aliphatic carbocycles. The molecule has 0 unspecified atom stereocenters. The molecule has 7 heteroatoms. The van der Waals surface area contributed by atoms with E-state index in [1.54, 1.807) is 24.3 Å². The van der Waals surface area contributed by atoms with Gasteiger partial charge in [-0.15, -0.1) is 6.58 Å². The summed E-state index contributed by atoms with van der Waals surface area (Å²) < 4.78 is 28.8. The van der Waals surface area contributed by atoms with E-state index in [0.717, 1.165) is 0 Å². The number of hydrogen-bond donors (Lipinski definition) is 0. The van der Waals surface area contributed by atoms with Crippen molar-refractivity contribution >= 4 is 40.3 Å². The van der Waals surface area contributed by atoms with Gasteiger partial charge >= 0.3 is 6.61 Å². The van der Waals surface area contributed by atoms with Gasteiger partial charge in [-0.1, -0.05) is 42.2 Å². The molecule has 0 bridgehead atoms. The van der Waals surface area contributed by atoms with Crippen molar-refractivity contribution in [3.8, 4) is 5.75 Å². The molecular weight excluding hydrogens is 316 g/mol. The largest absolute Gasteiger partial charge is 0.435 e. The molecule has 3 nitrogen and oxygen atoms in total. The molecule has 0 radical (unpaired) electrons. The summed E-state index contributed by atoms with van der Waals surface area (Å²) in [6.45, 7) is 1.09. The summed E-state index contributed by atoms with van der Waals surface area (Å²) >= 11 is 6.32. The number of alkyl halides is 2. The second kappa shape index (κ2) is 6.82. The number of amides is 1. The Morgan fingerprint density at radius 2 is 2.05 bits per heavy atom. The molecule has 1 aliphatic rings. The van der Waals surface area contributed by atoms with Crippen LogP contribution in [0.1, 0.15) is 5.56 Å². The van der Waals surface area contributed by atoms with Crippen LogP contribution < -0.4 is 4.74 Å². The van der Waals surface area contributed by atoms with E-state index in [-0.39, 0.29) is 11.7 Å². The third-order valence-corrected chi connectivity index (χ3v) is 3.97. The number of thioether (sulfide) groups is 1. The number of carbonyl (C=O) groups excluding carboxylic acids is 1. The maximum Gasteiger partial charge on any atom is 0.387 e. The molecule has 0 saturated carbocycles. The number of carbonyl (C=O) groups is 1. The van der Waals surface area contributed by atoms with Crippen molar-refractivity contribution in [1.82, 2.24) is 4.90 Å². The molecule has 1 saturated heterocycles. The van der Waals surface area contributed by atoms with E-state index in [9.17, 15) is 13.6 Å². The van der Waals surface area contributed by atoms with E-state index >= 15 is 0 Å². The van der Waals surface area contributed by atoms with E-state index in [2.05, 4.69) is 11.3 Å². The van der Waals surface area contributed by atoms with Crippen LogP contribution in [-0.2, 0) is 4.79 Å². The Morgan fingerprint density at radius 3 is 2.62 bits per heavy atom. The fourth-order valence-electron chi connectivity index (χ4n) is 1.68. The lowest BCUT2D eigenvalue weighted by Gasteiger charge is -2.10. The Labute approximate surface area is 130 Å². The van der Waals surface area contributed by atoms with Crippen LogP contribution in [0.5, 0.6) is 5.75 Å². The zero-order valence-electron chi connectivity index (χ0n) is 10.8. The van der Waals surface area contributed by atoms with Crippen LogP contribution in [0.25, 0.3) is 6.08 Å². The van der Waals surface area contributed by atoms with Crippen LogP contribution in [-0.4, -0.2) is 28.3 Å². The number of ether oxygens (including phenoxy) is 1. The molecule has 0 aromatic heterocycles. The Bertz CT molecular complexity index is 599. The number of nitrogens with zero attached hydrogens (tertiary/aromatic N) is 1. The van der Waals surface area contributed by atoms with Gasteiger partial charge < -0.3 is 4.74 Å². The van der Waals surface area contributed by atoms with E-state index < -0.39 is 6.61 Å². The lowest BCUT2D eigenvalue weighted by Crippen LogP contribution is -2.27. The highest BCUT2D eigenvalue weighted by atomic mass is 32.2. The average molecular weight is 327 g/mol. The molecule has 1 aromatic carbocycles. The number of halogens is 2. The first-order chi connectivity index (χ1) is 10.0. The van der Waals surface area contributed by atoms with Gasteiger partial charge in [0.05, 0.1) is 4.91 Å². The second-order valence-corrected chi connectivity index (χ2v) is 5.70. The molecule has 0 spiro atoms. The van der Waals surface area contributed by atoms with Gasteiger partial charge in [-0.3, -0.25) is 9.69 Å². The van der Waals surface area contributed by atoms with Gasteiger partial charge in [0.25, 0.3) is 5.91 Å². The van der Waals surface area contributed by atoms with Crippen LogP contribution in [0.2, 0.25) is 0 Å². The standard InChI is InChI=1S/C14H11F2NO2S2/c1-2-7-17-12(18)11(21-14(17)20)8-9-3-5-10(6-4-9)19-13(15)16/h2-6,8,13H,1,7H2/b11-8+. The first-order valence-electron chi connectivity index (χ1n) is 5.92. The van der Waals surface area contributed by atoms with Gasteiger partial charge in [0.2, 0.25) is 0 Å². The quantitative estimate of drug-likeness (QED) is 0.469. The van der Waals surface area contributed by atoms with Crippen molar-refractivity contribution in [1.29, 1.82) is 0 Å². The van der Waals surface area contributed by atoms with E-state index in [0.29, 0.717) is 21.3 Å². The minimum absolute atomic E-state index is 0.0707.